The monoisotopic (exact) mass is 492 g/mol. The van der Waals surface area contributed by atoms with Crippen molar-refractivity contribution in [1.82, 2.24) is 4.98 Å². The highest BCUT2D eigenvalue weighted by Gasteiger charge is 2.26. The Labute approximate surface area is 202 Å². The van der Waals surface area contributed by atoms with Gasteiger partial charge in [0.25, 0.3) is 15.6 Å². The average molecular weight is 493 g/mol. The lowest BCUT2D eigenvalue weighted by molar-refractivity contribution is 0.101. The molecule has 0 aliphatic rings. The molecule has 1 aromatic heterocycles. The number of anilines is 1. The Bertz CT molecular complexity index is 1540. The Morgan fingerprint density at radius 3 is 2.11 bits per heavy atom. The molecule has 0 aliphatic carbocycles. The predicted molar refractivity (Wildman–Crippen MR) is 134 cm³/mol. The Kier molecular flexibility index (Phi) is 6.61. The Hall–Kier alpha value is -4.11. The number of ketones is 1. The van der Waals surface area contributed by atoms with Gasteiger partial charge in [-0.05, 0) is 67.6 Å². The Morgan fingerprint density at radius 1 is 0.886 bits per heavy atom. The molecule has 0 amide bonds. The number of nitrogens with one attached hydrogen (secondary N) is 1. The van der Waals surface area contributed by atoms with Gasteiger partial charge in [0.2, 0.25) is 0 Å². The predicted octanol–water partition coefficient (Wildman–Crippen LogP) is 4.14. The molecule has 8 nitrogen and oxygen atoms in total. The fourth-order valence-electron chi connectivity index (χ4n) is 3.68. The summed E-state index contributed by atoms with van der Waals surface area (Å²) in [4.78, 5) is 27.3. The summed E-state index contributed by atoms with van der Waals surface area (Å²) < 4.78 is 39.1. The molecular formula is C26H24N2O6S. The van der Waals surface area contributed by atoms with Crippen LogP contribution in [0.2, 0.25) is 0 Å². The van der Waals surface area contributed by atoms with Gasteiger partial charge in [-0.2, -0.15) is 0 Å². The fraction of sp³-hybridized carbons (Fsp3) is 0.154. The molecule has 0 radical (unpaired) electrons. The summed E-state index contributed by atoms with van der Waals surface area (Å²) >= 11 is 0. The molecule has 0 unspecified atom stereocenters. The van der Waals surface area contributed by atoms with Gasteiger partial charge in [-0.1, -0.05) is 12.1 Å². The number of carbonyl (C=O) groups is 1. The molecule has 35 heavy (non-hydrogen) atoms. The second-order valence-electron chi connectivity index (χ2n) is 7.87. The van der Waals surface area contributed by atoms with Crippen LogP contribution in [0.5, 0.6) is 11.5 Å². The zero-order chi connectivity index (χ0) is 25.2. The van der Waals surface area contributed by atoms with E-state index in [1.165, 1.54) is 38.3 Å². The number of H-pyrrole nitrogens is 1. The van der Waals surface area contributed by atoms with E-state index in [2.05, 4.69) is 4.98 Å². The maximum absolute atomic E-state index is 13.7. The lowest BCUT2D eigenvalue weighted by Gasteiger charge is -2.25. The second kappa shape index (κ2) is 9.63. The molecule has 0 spiro atoms. The van der Waals surface area contributed by atoms with E-state index >= 15 is 0 Å². The number of methoxy groups -OCH3 is 2. The van der Waals surface area contributed by atoms with Crippen LogP contribution >= 0.6 is 0 Å². The van der Waals surface area contributed by atoms with Crippen molar-refractivity contribution in [3.8, 4) is 11.5 Å². The number of pyridine rings is 1. The first kappa shape index (κ1) is 24.0. The molecule has 180 valence electrons. The molecule has 1 N–H and O–H groups in total. The summed E-state index contributed by atoms with van der Waals surface area (Å²) in [5.41, 5.74) is 1.22. The van der Waals surface area contributed by atoms with E-state index < -0.39 is 15.6 Å². The highest BCUT2D eigenvalue weighted by atomic mass is 32.2. The third kappa shape index (κ3) is 4.90. The maximum atomic E-state index is 13.7. The summed E-state index contributed by atoms with van der Waals surface area (Å²) in [6.45, 7) is 1.19. The van der Waals surface area contributed by atoms with Crippen LogP contribution in [0.25, 0.3) is 10.9 Å². The normalized spacial score (nSPS) is 11.3. The molecule has 0 saturated heterocycles. The summed E-state index contributed by atoms with van der Waals surface area (Å²) in [5.74, 6) is 1.01. The minimum Gasteiger partial charge on any atom is -0.497 e. The van der Waals surface area contributed by atoms with Crippen molar-refractivity contribution in [2.75, 3.05) is 18.5 Å². The van der Waals surface area contributed by atoms with Crippen molar-refractivity contribution >= 4 is 32.4 Å². The van der Waals surface area contributed by atoms with Crippen molar-refractivity contribution in [3.05, 3.63) is 94.3 Å². The van der Waals surface area contributed by atoms with Gasteiger partial charge in [-0.15, -0.1) is 0 Å². The topological polar surface area (TPSA) is 106 Å². The summed E-state index contributed by atoms with van der Waals surface area (Å²) in [5, 5.41) is 0.705. The third-order valence-electron chi connectivity index (χ3n) is 5.65. The van der Waals surface area contributed by atoms with Gasteiger partial charge >= 0.3 is 0 Å². The first-order valence-corrected chi connectivity index (χ1v) is 12.1. The van der Waals surface area contributed by atoms with Gasteiger partial charge < -0.3 is 14.5 Å². The van der Waals surface area contributed by atoms with Gasteiger partial charge in [0.05, 0.1) is 31.3 Å². The SMILES string of the molecule is COc1ccc(N(Cc2cc3cc(OC)ccc3[nH]c2=O)S(=O)(=O)c2ccc(C(C)=O)cc2)cc1. The van der Waals surface area contributed by atoms with Crippen LogP contribution in [-0.2, 0) is 16.6 Å². The minimum absolute atomic E-state index is 0.00259. The first-order chi connectivity index (χ1) is 16.7. The van der Waals surface area contributed by atoms with Crippen LogP contribution in [0.15, 0.2) is 82.5 Å². The van der Waals surface area contributed by atoms with Crippen LogP contribution in [0.4, 0.5) is 5.69 Å². The van der Waals surface area contributed by atoms with E-state index in [1.54, 1.807) is 55.6 Å². The van der Waals surface area contributed by atoms with Crippen LogP contribution < -0.4 is 19.3 Å². The molecule has 0 saturated carbocycles. The number of carbonyl (C=O) groups excluding carboxylic acids is 1. The van der Waals surface area contributed by atoms with Crippen molar-refractivity contribution in [2.24, 2.45) is 0 Å². The van der Waals surface area contributed by atoms with Crippen LogP contribution in [0.3, 0.4) is 0 Å². The molecule has 1 heterocycles. The molecule has 4 rings (SSSR count). The van der Waals surface area contributed by atoms with E-state index in [9.17, 15) is 18.0 Å². The summed E-state index contributed by atoms with van der Waals surface area (Å²) in [7, 11) is -1.03. The van der Waals surface area contributed by atoms with Crippen molar-refractivity contribution in [1.29, 1.82) is 0 Å². The quantitative estimate of drug-likeness (QED) is 0.371. The van der Waals surface area contributed by atoms with E-state index in [1.807, 2.05) is 0 Å². The number of ether oxygens (including phenoxy) is 2. The summed E-state index contributed by atoms with van der Waals surface area (Å²) in [6.07, 6.45) is 0. The number of aromatic amines is 1. The van der Waals surface area contributed by atoms with E-state index in [0.717, 1.165) is 4.31 Å². The van der Waals surface area contributed by atoms with Gasteiger partial charge in [0.1, 0.15) is 11.5 Å². The van der Waals surface area contributed by atoms with Gasteiger partial charge in [-0.3, -0.25) is 13.9 Å². The number of Topliss-reactive ketones (excluding diaryl/α,β-unsaturated/α-hetero) is 1. The summed E-state index contributed by atoms with van der Waals surface area (Å²) in [6, 6.07) is 19.1. The smallest absolute Gasteiger partial charge is 0.264 e. The van der Waals surface area contributed by atoms with Gasteiger partial charge in [0.15, 0.2) is 5.78 Å². The lowest BCUT2D eigenvalue weighted by atomic mass is 10.1. The third-order valence-corrected chi connectivity index (χ3v) is 7.44. The molecule has 0 fully saturated rings. The van der Waals surface area contributed by atoms with Crippen LogP contribution in [0, 0.1) is 0 Å². The number of rotatable bonds is 8. The minimum atomic E-state index is -4.09. The number of fused-ring (bicyclic) bond motifs is 1. The number of hydrogen-bond donors (Lipinski definition) is 1. The second-order valence-corrected chi connectivity index (χ2v) is 9.73. The number of nitrogens with zero attached hydrogens (tertiary/aromatic N) is 1. The number of hydrogen-bond acceptors (Lipinski definition) is 6. The fourth-order valence-corrected chi connectivity index (χ4v) is 5.12. The van der Waals surface area contributed by atoms with E-state index in [4.69, 9.17) is 9.47 Å². The van der Waals surface area contributed by atoms with Gasteiger partial charge in [-0.25, -0.2) is 8.42 Å². The molecule has 3 aromatic carbocycles. The van der Waals surface area contributed by atoms with Crippen molar-refractivity contribution in [3.63, 3.8) is 0 Å². The average Bonchev–Trinajstić information content (AvgIpc) is 2.87. The molecule has 0 aliphatic heterocycles. The molecule has 4 aromatic rings. The molecular weight excluding hydrogens is 468 g/mol. The van der Waals surface area contributed by atoms with Crippen LogP contribution in [-0.4, -0.2) is 33.4 Å². The zero-order valence-corrected chi connectivity index (χ0v) is 20.3. The van der Waals surface area contributed by atoms with Gasteiger partial charge in [0, 0.05) is 22.0 Å². The Balaban J connectivity index is 1.82. The Morgan fingerprint density at radius 2 is 1.51 bits per heavy atom. The lowest BCUT2D eigenvalue weighted by Crippen LogP contribution is -2.33. The number of sulfonamides is 1. The molecule has 0 atom stereocenters. The van der Waals surface area contributed by atoms with Crippen molar-refractivity contribution < 1.29 is 22.7 Å². The van der Waals surface area contributed by atoms with E-state index in [-0.39, 0.29) is 22.8 Å². The number of aromatic nitrogens is 1. The highest BCUT2D eigenvalue weighted by molar-refractivity contribution is 7.92. The highest BCUT2D eigenvalue weighted by Crippen LogP contribution is 2.28. The standard InChI is InChI=1S/C26H24N2O6S/c1-17(29)18-4-11-24(12-5-18)35(31,32)28(21-6-8-22(33-2)9-7-21)16-20-14-19-15-23(34-3)10-13-25(19)27-26(20)30/h4-15H,16H2,1-3H3,(H,27,30). The largest absolute Gasteiger partial charge is 0.497 e. The maximum Gasteiger partial charge on any atom is 0.264 e. The first-order valence-electron chi connectivity index (χ1n) is 10.7. The van der Waals surface area contributed by atoms with E-state index in [0.29, 0.717) is 33.7 Å². The molecule has 9 heteroatoms. The van der Waals surface area contributed by atoms with Crippen molar-refractivity contribution in [2.45, 2.75) is 18.4 Å². The number of benzene rings is 3. The zero-order valence-electron chi connectivity index (χ0n) is 19.4. The molecule has 0 bridgehead atoms. The van der Waals surface area contributed by atoms with Crippen LogP contribution in [0.1, 0.15) is 22.8 Å².